The average Bonchev–Trinajstić information content (AvgIpc) is 2.71. The Bertz CT molecular complexity index is 584. The van der Waals surface area contributed by atoms with Crippen LogP contribution in [0.1, 0.15) is 23.0 Å². The second-order valence-corrected chi connectivity index (χ2v) is 3.55. The number of hydrogen-bond acceptors (Lipinski definition) is 3. The van der Waals surface area contributed by atoms with Gasteiger partial charge in [-0.15, -0.1) is 0 Å². The first-order valence-electron chi connectivity index (χ1n) is 5.20. The summed E-state index contributed by atoms with van der Waals surface area (Å²) in [5.74, 6) is -1.01. The van der Waals surface area contributed by atoms with Gasteiger partial charge in [0.1, 0.15) is 5.58 Å². The summed E-state index contributed by atoms with van der Waals surface area (Å²) in [5, 5.41) is -0.145. The van der Waals surface area contributed by atoms with Gasteiger partial charge in [-0.05, 0) is 25.1 Å². The zero-order valence-corrected chi connectivity index (χ0v) is 9.38. The Kier molecular flexibility index (Phi) is 3.02. The van der Waals surface area contributed by atoms with E-state index in [1.807, 2.05) is 0 Å². The van der Waals surface area contributed by atoms with Crippen molar-refractivity contribution in [3.05, 3.63) is 35.6 Å². The number of rotatable bonds is 2. The Hall–Kier alpha value is -1.98. The van der Waals surface area contributed by atoms with Gasteiger partial charge in [-0.2, -0.15) is 13.2 Å². The normalized spacial score (nSPS) is 11.8. The minimum absolute atomic E-state index is 0.00729. The number of ether oxygens (including phenoxy) is 1. The first-order chi connectivity index (χ1) is 8.43. The number of esters is 1. The summed E-state index contributed by atoms with van der Waals surface area (Å²) in [6.45, 7) is 1.73. The van der Waals surface area contributed by atoms with E-state index in [9.17, 15) is 18.0 Å². The van der Waals surface area contributed by atoms with Gasteiger partial charge >= 0.3 is 12.1 Å². The summed E-state index contributed by atoms with van der Waals surface area (Å²) in [5.41, 5.74) is -0.827. The molecule has 0 saturated carbocycles. The third-order valence-corrected chi connectivity index (χ3v) is 2.34. The third-order valence-electron chi connectivity index (χ3n) is 2.34. The van der Waals surface area contributed by atoms with Crippen LogP contribution in [-0.4, -0.2) is 12.6 Å². The smallest absolute Gasteiger partial charge is 0.417 e. The molecule has 1 aromatic carbocycles. The van der Waals surface area contributed by atoms with Crippen LogP contribution in [0.2, 0.25) is 0 Å². The molecule has 2 aromatic rings. The summed E-state index contributed by atoms with van der Waals surface area (Å²) < 4.78 is 47.9. The number of alkyl halides is 3. The highest BCUT2D eigenvalue weighted by molar-refractivity contribution is 5.93. The average molecular weight is 258 g/mol. The molecule has 0 bridgehead atoms. The van der Waals surface area contributed by atoms with Gasteiger partial charge in [-0.3, -0.25) is 0 Å². The van der Waals surface area contributed by atoms with Crippen LogP contribution in [0.4, 0.5) is 13.2 Å². The maximum atomic E-state index is 12.7. The Balaban J connectivity index is 2.55. The van der Waals surface area contributed by atoms with Gasteiger partial charge in [0.2, 0.25) is 5.76 Å². The van der Waals surface area contributed by atoms with Gasteiger partial charge < -0.3 is 9.15 Å². The molecule has 0 aliphatic rings. The topological polar surface area (TPSA) is 39.4 Å². The zero-order chi connectivity index (χ0) is 13.3. The van der Waals surface area contributed by atoms with Crippen molar-refractivity contribution < 1.29 is 27.1 Å². The molecule has 6 heteroatoms. The van der Waals surface area contributed by atoms with Gasteiger partial charge in [0.15, 0.2) is 0 Å². The molecule has 0 radical (unpaired) electrons. The van der Waals surface area contributed by atoms with Crippen molar-refractivity contribution in [1.29, 1.82) is 0 Å². The van der Waals surface area contributed by atoms with E-state index in [2.05, 4.69) is 4.74 Å². The lowest BCUT2D eigenvalue weighted by atomic mass is 10.1. The van der Waals surface area contributed by atoms with Crippen molar-refractivity contribution in [1.82, 2.24) is 0 Å². The number of hydrogen-bond donors (Lipinski definition) is 0. The number of fused-ring (bicyclic) bond motifs is 1. The molecule has 0 unspecified atom stereocenters. The van der Waals surface area contributed by atoms with Gasteiger partial charge in [0.25, 0.3) is 0 Å². The molecule has 0 saturated heterocycles. The van der Waals surface area contributed by atoms with Crippen LogP contribution in [0.3, 0.4) is 0 Å². The Morgan fingerprint density at radius 1 is 1.39 bits per heavy atom. The van der Waals surface area contributed by atoms with E-state index in [0.29, 0.717) is 0 Å². The SMILES string of the molecule is CCOC(=O)c1cc2c(C(F)(F)F)cccc2o1. The molecule has 0 spiro atoms. The monoisotopic (exact) mass is 258 g/mol. The van der Waals surface area contributed by atoms with E-state index in [1.165, 1.54) is 12.1 Å². The largest absolute Gasteiger partial charge is 0.460 e. The molecule has 0 atom stereocenters. The highest BCUT2D eigenvalue weighted by Gasteiger charge is 2.33. The van der Waals surface area contributed by atoms with Crippen LogP contribution >= 0.6 is 0 Å². The van der Waals surface area contributed by atoms with E-state index < -0.39 is 17.7 Å². The van der Waals surface area contributed by atoms with Crippen LogP contribution in [0, 0.1) is 0 Å². The fourth-order valence-corrected chi connectivity index (χ4v) is 1.61. The molecule has 18 heavy (non-hydrogen) atoms. The van der Waals surface area contributed by atoms with Gasteiger partial charge in [0.05, 0.1) is 12.2 Å². The van der Waals surface area contributed by atoms with E-state index in [1.54, 1.807) is 6.92 Å². The van der Waals surface area contributed by atoms with Crippen LogP contribution in [0.15, 0.2) is 28.7 Å². The molecule has 2 rings (SSSR count). The number of halogens is 3. The van der Waals surface area contributed by atoms with Crippen molar-refractivity contribution in [3.8, 4) is 0 Å². The van der Waals surface area contributed by atoms with Crippen LogP contribution in [-0.2, 0) is 10.9 Å². The van der Waals surface area contributed by atoms with Gasteiger partial charge in [-0.1, -0.05) is 6.07 Å². The predicted octanol–water partition coefficient (Wildman–Crippen LogP) is 3.63. The number of carbonyl (C=O) groups is 1. The van der Waals surface area contributed by atoms with E-state index in [4.69, 9.17) is 4.42 Å². The molecule has 0 N–H and O–H groups in total. The van der Waals surface area contributed by atoms with Crippen molar-refractivity contribution in [2.24, 2.45) is 0 Å². The number of furan rings is 1. The first-order valence-corrected chi connectivity index (χ1v) is 5.20. The molecule has 0 aliphatic carbocycles. The highest BCUT2D eigenvalue weighted by Crippen LogP contribution is 2.36. The molecular formula is C12H9F3O3. The van der Waals surface area contributed by atoms with Crippen molar-refractivity contribution in [2.75, 3.05) is 6.61 Å². The summed E-state index contributed by atoms with van der Waals surface area (Å²) in [4.78, 5) is 11.4. The van der Waals surface area contributed by atoms with Gasteiger partial charge in [0, 0.05) is 5.39 Å². The molecule has 1 aromatic heterocycles. The minimum Gasteiger partial charge on any atom is -0.460 e. The molecule has 0 fully saturated rings. The predicted molar refractivity (Wildman–Crippen MR) is 57.2 cm³/mol. The Morgan fingerprint density at radius 2 is 2.11 bits per heavy atom. The molecule has 1 heterocycles. The maximum absolute atomic E-state index is 12.7. The lowest BCUT2D eigenvalue weighted by molar-refractivity contribution is -0.136. The van der Waals surface area contributed by atoms with Crippen molar-refractivity contribution >= 4 is 16.9 Å². The molecule has 3 nitrogen and oxygen atoms in total. The van der Waals surface area contributed by atoms with Gasteiger partial charge in [-0.25, -0.2) is 4.79 Å². The fraction of sp³-hybridized carbons (Fsp3) is 0.250. The van der Waals surface area contributed by atoms with E-state index in [0.717, 1.165) is 12.1 Å². The minimum atomic E-state index is -4.49. The number of benzene rings is 1. The number of carbonyl (C=O) groups excluding carboxylic acids is 1. The summed E-state index contributed by atoms with van der Waals surface area (Å²) in [7, 11) is 0. The second-order valence-electron chi connectivity index (χ2n) is 3.55. The van der Waals surface area contributed by atoms with Crippen molar-refractivity contribution in [2.45, 2.75) is 13.1 Å². The summed E-state index contributed by atoms with van der Waals surface area (Å²) in [6.07, 6.45) is -4.49. The van der Waals surface area contributed by atoms with Crippen LogP contribution in [0.25, 0.3) is 11.0 Å². The second kappa shape index (κ2) is 4.36. The lowest BCUT2D eigenvalue weighted by Crippen LogP contribution is -2.05. The molecule has 0 aliphatic heterocycles. The molecule has 96 valence electrons. The Labute approximate surface area is 100 Å². The third kappa shape index (κ3) is 2.18. The first kappa shape index (κ1) is 12.5. The zero-order valence-electron chi connectivity index (χ0n) is 9.38. The van der Waals surface area contributed by atoms with Crippen molar-refractivity contribution in [3.63, 3.8) is 0 Å². The fourth-order valence-electron chi connectivity index (χ4n) is 1.61. The van der Waals surface area contributed by atoms with E-state index >= 15 is 0 Å². The van der Waals surface area contributed by atoms with E-state index in [-0.39, 0.29) is 23.3 Å². The Morgan fingerprint density at radius 3 is 2.72 bits per heavy atom. The molecular weight excluding hydrogens is 249 g/mol. The quantitative estimate of drug-likeness (QED) is 0.772. The highest BCUT2D eigenvalue weighted by atomic mass is 19.4. The van der Waals surface area contributed by atoms with Crippen LogP contribution in [0.5, 0.6) is 0 Å². The lowest BCUT2D eigenvalue weighted by Gasteiger charge is -2.06. The summed E-state index contributed by atoms with van der Waals surface area (Å²) >= 11 is 0. The molecule has 0 amide bonds. The maximum Gasteiger partial charge on any atom is 0.417 e. The van der Waals surface area contributed by atoms with Crippen LogP contribution < -0.4 is 0 Å². The summed E-state index contributed by atoms with van der Waals surface area (Å²) in [6, 6.07) is 4.58. The standard InChI is InChI=1S/C12H9F3O3/c1-2-17-11(16)10-6-7-8(12(13,14)15)4-3-5-9(7)18-10/h3-6H,2H2,1H3.